The first-order valence-electron chi connectivity index (χ1n) is 10.3. The van der Waals surface area contributed by atoms with Crippen LogP contribution in [-0.2, 0) is 9.53 Å². The summed E-state index contributed by atoms with van der Waals surface area (Å²) in [6, 6.07) is 20.7. The van der Waals surface area contributed by atoms with Gasteiger partial charge in [0.05, 0.1) is 5.71 Å². The third-order valence-corrected chi connectivity index (χ3v) is 6.86. The highest BCUT2D eigenvalue weighted by Gasteiger charge is 2.62. The zero-order valence-electron chi connectivity index (χ0n) is 16.4. The first-order valence-corrected chi connectivity index (χ1v) is 10.3. The fourth-order valence-corrected chi connectivity index (χ4v) is 5.37. The van der Waals surface area contributed by atoms with Crippen molar-refractivity contribution in [3.05, 3.63) is 71.8 Å². The summed E-state index contributed by atoms with van der Waals surface area (Å²) in [4.78, 5) is 20.3. The number of rotatable bonds is 3. The van der Waals surface area contributed by atoms with E-state index < -0.39 is 5.72 Å². The van der Waals surface area contributed by atoms with Gasteiger partial charge in [-0.25, -0.2) is 0 Å². The second kappa shape index (κ2) is 6.56. The second-order valence-electron chi connectivity index (χ2n) is 8.21. The van der Waals surface area contributed by atoms with Crippen molar-refractivity contribution in [2.24, 2.45) is 16.8 Å². The molecular formula is C24H26N2O2. The van der Waals surface area contributed by atoms with Gasteiger partial charge in [0.25, 0.3) is 0 Å². The zero-order valence-corrected chi connectivity index (χ0v) is 16.4. The summed E-state index contributed by atoms with van der Waals surface area (Å²) in [5.41, 5.74) is 2.71. The Hall–Kier alpha value is -2.46. The molecule has 5 rings (SSSR count). The van der Waals surface area contributed by atoms with E-state index in [9.17, 15) is 4.79 Å². The van der Waals surface area contributed by atoms with E-state index in [2.05, 4.69) is 43.3 Å². The molecule has 2 fully saturated rings. The van der Waals surface area contributed by atoms with Gasteiger partial charge < -0.3 is 9.64 Å². The van der Waals surface area contributed by atoms with E-state index >= 15 is 0 Å². The van der Waals surface area contributed by atoms with Crippen LogP contribution in [0.3, 0.4) is 0 Å². The number of likely N-dealkylation sites (tertiary alicyclic amines) is 1. The minimum atomic E-state index is -0.672. The maximum absolute atomic E-state index is 13.3. The number of aliphatic imine (C=N–C) groups is 1. The van der Waals surface area contributed by atoms with Crippen LogP contribution in [-0.4, -0.2) is 28.8 Å². The normalized spacial score (nSPS) is 34.1. The summed E-state index contributed by atoms with van der Waals surface area (Å²) in [7, 11) is 0. The third kappa shape index (κ3) is 2.47. The average molecular weight is 374 g/mol. The molecular weight excluding hydrogens is 348 g/mol. The van der Waals surface area contributed by atoms with Crippen molar-refractivity contribution in [3.8, 4) is 0 Å². The lowest BCUT2D eigenvalue weighted by Gasteiger charge is -2.37. The van der Waals surface area contributed by atoms with E-state index in [4.69, 9.17) is 9.73 Å². The molecule has 1 saturated carbocycles. The third-order valence-electron chi connectivity index (χ3n) is 6.86. The van der Waals surface area contributed by atoms with Crippen LogP contribution in [0.5, 0.6) is 0 Å². The molecule has 2 aromatic rings. The molecule has 5 atom stereocenters. The molecule has 28 heavy (non-hydrogen) atoms. The van der Waals surface area contributed by atoms with Crippen LogP contribution >= 0.6 is 0 Å². The van der Waals surface area contributed by atoms with Crippen molar-refractivity contribution < 1.29 is 9.53 Å². The standard InChI is InChI=1S/C24H26N2O2/c1-3-26-23(27)20-15-24(26)21(25-22(28-24)18-12-8-5-9-13-18)14-19(16(20)2)17-10-6-4-7-11-17/h4-13,16,19-20,22H,3,14-15H2,1-2H3/t16-,19+,20?,22-,24+/m1/s1. The number of amides is 1. The summed E-state index contributed by atoms with van der Waals surface area (Å²) in [5, 5.41) is 0. The number of ether oxygens (including phenoxy) is 1. The first kappa shape index (κ1) is 17.6. The summed E-state index contributed by atoms with van der Waals surface area (Å²) in [6.45, 7) is 4.92. The molecule has 4 nitrogen and oxygen atoms in total. The minimum Gasteiger partial charge on any atom is -0.321 e. The van der Waals surface area contributed by atoms with E-state index in [1.54, 1.807) is 0 Å². The number of hydrogen-bond acceptors (Lipinski definition) is 3. The molecule has 144 valence electrons. The number of carbonyl (C=O) groups excluding carboxylic acids is 1. The van der Waals surface area contributed by atoms with Gasteiger partial charge in [-0.3, -0.25) is 9.79 Å². The van der Waals surface area contributed by atoms with Gasteiger partial charge in [0.2, 0.25) is 5.91 Å². The number of benzene rings is 2. The molecule has 0 aromatic heterocycles. The lowest BCUT2D eigenvalue weighted by molar-refractivity contribution is -0.148. The minimum absolute atomic E-state index is 0.0209. The quantitative estimate of drug-likeness (QED) is 0.791. The highest BCUT2D eigenvalue weighted by atomic mass is 16.6. The van der Waals surface area contributed by atoms with Crippen LogP contribution in [0, 0.1) is 11.8 Å². The average Bonchev–Trinajstić information content (AvgIpc) is 3.20. The summed E-state index contributed by atoms with van der Waals surface area (Å²) < 4.78 is 6.62. The summed E-state index contributed by atoms with van der Waals surface area (Å²) in [6.07, 6.45) is 1.22. The Morgan fingerprint density at radius 2 is 1.68 bits per heavy atom. The topological polar surface area (TPSA) is 41.9 Å². The molecule has 0 N–H and O–H groups in total. The van der Waals surface area contributed by atoms with Crippen molar-refractivity contribution in [2.75, 3.05) is 6.54 Å². The van der Waals surface area contributed by atoms with Gasteiger partial charge in [-0.15, -0.1) is 0 Å². The fraction of sp³-hybridized carbons (Fsp3) is 0.417. The fourth-order valence-electron chi connectivity index (χ4n) is 5.37. The number of fused-ring (bicyclic) bond motifs is 1. The molecule has 1 amide bonds. The van der Waals surface area contributed by atoms with Gasteiger partial charge in [0.15, 0.2) is 12.0 Å². The van der Waals surface area contributed by atoms with E-state index in [1.807, 2.05) is 36.1 Å². The number of carbonyl (C=O) groups is 1. The molecule has 2 aliphatic heterocycles. The lowest BCUT2D eigenvalue weighted by atomic mass is 9.78. The molecule has 4 heteroatoms. The molecule has 1 aliphatic carbocycles. The van der Waals surface area contributed by atoms with Crippen LogP contribution in [0.4, 0.5) is 0 Å². The molecule has 1 unspecified atom stereocenters. The van der Waals surface area contributed by atoms with Gasteiger partial charge in [-0.05, 0) is 30.7 Å². The Bertz CT molecular complexity index is 911. The molecule has 2 bridgehead atoms. The van der Waals surface area contributed by atoms with Gasteiger partial charge in [0, 0.05) is 24.4 Å². The van der Waals surface area contributed by atoms with E-state index in [0.29, 0.717) is 13.0 Å². The van der Waals surface area contributed by atoms with E-state index in [-0.39, 0.29) is 29.9 Å². The number of hydrogen-bond donors (Lipinski definition) is 0. The van der Waals surface area contributed by atoms with Gasteiger partial charge >= 0.3 is 0 Å². The Morgan fingerprint density at radius 1 is 1.04 bits per heavy atom. The largest absolute Gasteiger partial charge is 0.321 e. The Morgan fingerprint density at radius 3 is 2.32 bits per heavy atom. The molecule has 1 spiro atoms. The Labute approximate surface area is 166 Å². The number of nitrogens with zero attached hydrogens (tertiary/aromatic N) is 2. The highest BCUT2D eigenvalue weighted by molar-refractivity contribution is 6.01. The summed E-state index contributed by atoms with van der Waals surface area (Å²) in [5.74, 6) is 0.743. The monoisotopic (exact) mass is 374 g/mol. The molecule has 2 heterocycles. The molecule has 0 radical (unpaired) electrons. The predicted molar refractivity (Wildman–Crippen MR) is 109 cm³/mol. The highest BCUT2D eigenvalue weighted by Crippen LogP contribution is 2.53. The molecule has 2 aromatic carbocycles. The first-order chi connectivity index (χ1) is 13.6. The predicted octanol–water partition coefficient (Wildman–Crippen LogP) is 4.54. The van der Waals surface area contributed by atoms with Crippen LogP contribution in [0.1, 0.15) is 50.0 Å². The van der Waals surface area contributed by atoms with Gasteiger partial charge in [-0.2, -0.15) is 0 Å². The van der Waals surface area contributed by atoms with Crippen molar-refractivity contribution in [1.82, 2.24) is 4.90 Å². The Kier molecular flexibility index (Phi) is 4.13. The van der Waals surface area contributed by atoms with Crippen LogP contribution in [0.2, 0.25) is 0 Å². The Balaban J connectivity index is 1.60. The lowest BCUT2D eigenvalue weighted by Crippen LogP contribution is -2.52. The van der Waals surface area contributed by atoms with Crippen LogP contribution < -0.4 is 0 Å². The van der Waals surface area contributed by atoms with Gasteiger partial charge in [-0.1, -0.05) is 67.6 Å². The maximum Gasteiger partial charge on any atom is 0.228 e. The van der Waals surface area contributed by atoms with Crippen LogP contribution in [0.25, 0.3) is 0 Å². The van der Waals surface area contributed by atoms with Crippen molar-refractivity contribution in [3.63, 3.8) is 0 Å². The maximum atomic E-state index is 13.3. The van der Waals surface area contributed by atoms with Crippen molar-refractivity contribution in [1.29, 1.82) is 0 Å². The molecule has 1 saturated heterocycles. The van der Waals surface area contributed by atoms with E-state index in [1.165, 1.54) is 5.56 Å². The smallest absolute Gasteiger partial charge is 0.228 e. The van der Waals surface area contributed by atoms with Crippen molar-refractivity contribution in [2.45, 2.75) is 44.6 Å². The molecule has 3 aliphatic rings. The SMILES string of the molecule is CCN1C(=O)C2C[C@@]13O[C@H](c1ccccc1)N=C3C[C@H](c1ccccc1)[C@H]2C. The summed E-state index contributed by atoms with van der Waals surface area (Å²) >= 11 is 0. The van der Waals surface area contributed by atoms with Crippen molar-refractivity contribution >= 4 is 11.6 Å². The van der Waals surface area contributed by atoms with Gasteiger partial charge in [0.1, 0.15) is 0 Å². The zero-order chi connectivity index (χ0) is 19.3. The van der Waals surface area contributed by atoms with E-state index in [0.717, 1.165) is 17.7 Å². The van der Waals surface area contributed by atoms with Crippen LogP contribution in [0.15, 0.2) is 65.7 Å². The second-order valence-corrected chi connectivity index (χ2v) is 8.21.